The second-order valence-electron chi connectivity index (χ2n) is 7.94. The van der Waals surface area contributed by atoms with E-state index in [9.17, 15) is 4.79 Å². The highest BCUT2D eigenvalue weighted by Gasteiger charge is 2.19. The van der Waals surface area contributed by atoms with Crippen LogP contribution in [-0.4, -0.2) is 27.8 Å². The summed E-state index contributed by atoms with van der Waals surface area (Å²) >= 11 is 1.29. The minimum absolute atomic E-state index is 0.214. The Hall–Kier alpha value is -3.65. The van der Waals surface area contributed by atoms with Gasteiger partial charge >= 0.3 is 0 Å². The van der Waals surface area contributed by atoms with Crippen LogP contribution in [0, 0.1) is 6.92 Å². The summed E-state index contributed by atoms with van der Waals surface area (Å²) in [5, 5.41) is 5.46. The van der Waals surface area contributed by atoms with Crippen LogP contribution in [0.2, 0.25) is 0 Å². The maximum atomic E-state index is 13.0. The standard InChI is InChI=1S/C26H25N3O4S/c1-4-6-13-32-20-12-11-17(14-21(20)31-5-2)15-22-25(30)29-26(34-22)27-24(28-29)23-16(3)18-9-7-8-10-19(18)33-23/h7-12,14-15H,4-6,13H2,1-3H3. The van der Waals surface area contributed by atoms with Gasteiger partial charge in [0.05, 0.1) is 17.7 Å². The summed E-state index contributed by atoms with van der Waals surface area (Å²) in [5.41, 5.74) is 2.37. The van der Waals surface area contributed by atoms with E-state index in [1.807, 2.05) is 62.4 Å². The van der Waals surface area contributed by atoms with E-state index in [-0.39, 0.29) is 5.56 Å². The summed E-state index contributed by atoms with van der Waals surface area (Å²) < 4.78 is 19.5. The number of nitrogens with zero attached hydrogens (tertiary/aromatic N) is 3. The molecule has 0 saturated carbocycles. The first-order chi connectivity index (χ1) is 16.6. The lowest BCUT2D eigenvalue weighted by molar-refractivity contribution is 0.272. The minimum Gasteiger partial charge on any atom is -0.490 e. The quantitative estimate of drug-likeness (QED) is 0.294. The van der Waals surface area contributed by atoms with Crippen molar-refractivity contribution in [2.24, 2.45) is 0 Å². The Morgan fingerprint density at radius 2 is 1.97 bits per heavy atom. The molecule has 5 aromatic rings. The summed E-state index contributed by atoms with van der Waals surface area (Å²) in [6, 6.07) is 13.5. The minimum atomic E-state index is -0.214. The van der Waals surface area contributed by atoms with E-state index in [2.05, 4.69) is 17.0 Å². The molecule has 3 heterocycles. The van der Waals surface area contributed by atoms with Gasteiger partial charge in [-0.05, 0) is 50.1 Å². The van der Waals surface area contributed by atoms with Crippen molar-refractivity contribution in [1.82, 2.24) is 14.6 Å². The first kappa shape index (κ1) is 22.2. The molecule has 0 unspecified atom stereocenters. The largest absolute Gasteiger partial charge is 0.490 e. The number of aromatic nitrogens is 3. The van der Waals surface area contributed by atoms with Gasteiger partial charge in [0.25, 0.3) is 5.56 Å². The SMILES string of the molecule is CCCCOc1ccc(C=c2sc3nc(-c4oc5ccccc5c4C)nn3c2=O)cc1OCC. The summed E-state index contributed by atoms with van der Waals surface area (Å²) in [6.45, 7) is 7.20. The fourth-order valence-electron chi connectivity index (χ4n) is 3.80. The van der Waals surface area contributed by atoms with Crippen LogP contribution in [0.4, 0.5) is 0 Å². The summed E-state index contributed by atoms with van der Waals surface area (Å²) in [5.74, 6) is 2.38. The van der Waals surface area contributed by atoms with Gasteiger partial charge in [-0.1, -0.05) is 48.9 Å². The molecule has 5 rings (SSSR count). The van der Waals surface area contributed by atoms with Crippen LogP contribution in [0.25, 0.3) is 33.6 Å². The van der Waals surface area contributed by atoms with E-state index in [1.54, 1.807) is 0 Å². The second-order valence-corrected chi connectivity index (χ2v) is 8.95. The van der Waals surface area contributed by atoms with Gasteiger partial charge in [-0.25, -0.2) is 0 Å². The number of aryl methyl sites for hydroxylation is 1. The van der Waals surface area contributed by atoms with Crippen molar-refractivity contribution in [3.8, 4) is 23.1 Å². The third-order valence-corrected chi connectivity index (χ3v) is 6.51. The van der Waals surface area contributed by atoms with Gasteiger partial charge in [-0.15, -0.1) is 5.10 Å². The smallest absolute Gasteiger partial charge is 0.291 e. The monoisotopic (exact) mass is 475 g/mol. The highest BCUT2D eigenvalue weighted by molar-refractivity contribution is 7.15. The molecule has 0 fully saturated rings. The summed E-state index contributed by atoms with van der Waals surface area (Å²) in [6.07, 6.45) is 3.87. The fourth-order valence-corrected chi connectivity index (χ4v) is 4.71. The number of unbranched alkanes of at least 4 members (excludes halogenated alkanes) is 1. The first-order valence-corrected chi connectivity index (χ1v) is 12.2. The number of benzene rings is 2. The zero-order valence-electron chi connectivity index (χ0n) is 19.3. The molecule has 0 bridgehead atoms. The topological polar surface area (TPSA) is 78.9 Å². The lowest BCUT2D eigenvalue weighted by Crippen LogP contribution is -2.23. The van der Waals surface area contributed by atoms with Gasteiger partial charge in [-0.2, -0.15) is 9.50 Å². The van der Waals surface area contributed by atoms with E-state index in [0.29, 0.717) is 45.8 Å². The van der Waals surface area contributed by atoms with Crippen LogP contribution in [0.5, 0.6) is 11.5 Å². The van der Waals surface area contributed by atoms with Crippen LogP contribution in [-0.2, 0) is 0 Å². The van der Waals surface area contributed by atoms with E-state index in [4.69, 9.17) is 13.9 Å². The Labute approximate surface area is 200 Å². The van der Waals surface area contributed by atoms with Gasteiger partial charge in [0.1, 0.15) is 5.58 Å². The van der Waals surface area contributed by atoms with E-state index >= 15 is 0 Å². The summed E-state index contributed by atoms with van der Waals surface area (Å²) in [4.78, 5) is 18.1. The maximum Gasteiger partial charge on any atom is 0.291 e. The molecule has 0 aliphatic heterocycles. The highest BCUT2D eigenvalue weighted by atomic mass is 32.1. The Morgan fingerprint density at radius 1 is 1.12 bits per heavy atom. The highest BCUT2D eigenvalue weighted by Crippen LogP contribution is 2.31. The molecule has 7 nitrogen and oxygen atoms in total. The third-order valence-electron chi connectivity index (χ3n) is 5.55. The number of fused-ring (bicyclic) bond motifs is 2. The molecular weight excluding hydrogens is 450 g/mol. The molecule has 2 aromatic carbocycles. The van der Waals surface area contributed by atoms with Gasteiger partial charge in [-0.3, -0.25) is 4.79 Å². The predicted octanol–water partition coefficient (Wildman–Crippen LogP) is 5.00. The molecule has 0 atom stereocenters. The molecule has 0 saturated heterocycles. The Kier molecular flexibility index (Phi) is 6.06. The molecule has 34 heavy (non-hydrogen) atoms. The Balaban J connectivity index is 1.50. The number of hydrogen-bond acceptors (Lipinski definition) is 7. The number of furan rings is 1. The average Bonchev–Trinajstić information content (AvgIpc) is 3.48. The number of para-hydroxylation sites is 1. The predicted molar refractivity (Wildman–Crippen MR) is 134 cm³/mol. The normalized spacial score (nSPS) is 12.1. The molecule has 3 aromatic heterocycles. The lowest BCUT2D eigenvalue weighted by atomic mass is 10.1. The van der Waals surface area contributed by atoms with Crippen molar-refractivity contribution in [1.29, 1.82) is 0 Å². The van der Waals surface area contributed by atoms with E-state index in [1.165, 1.54) is 15.9 Å². The number of hydrogen-bond donors (Lipinski definition) is 0. The lowest BCUT2D eigenvalue weighted by Gasteiger charge is -2.12. The van der Waals surface area contributed by atoms with Crippen LogP contribution < -0.4 is 19.6 Å². The van der Waals surface area contributed by atoms with Crippen LogP contribution in [0.3, 0.4) is 0 Å². The second kappa shape index (κ2) is 9.30. The molecule has 0 spiro atoms. The first-order valence-electron chi connectivity index (χ1n) is 11.4. The molecule has 0 amide bonds. The fraction of sp³-hybridized carbons (Fsp3) is 0.269. The van der Waals surface area contributed by atoms with Crippen molar-refractivity contribution >= 4 is 33.3 Å². The molecule has 174 valence electrons. The van der Waals surface area contributed by atoms with Crippen molar-refractivity contribution in [3.63, 3.8) is 0 Å². The molecule has 0 aliphatic carbocycles. The molecule has 0 aliphatic rings. The van der Waals surface area contributed by atoms with Crippen molar-refractivity contribution in [2.75, 3.05) is 13.2 Å². The van der Waals surface area contributed by atoms with Gasteiger partial charge in [0.2, 0.25) is 10.8 Å². The van der Waals surface area contributed by atoms with Gasteiger partial charge in [0.15, 0.2) is 17.3 Å². The summed E-state index contributed by atoms with van der Waals surface area (Å²) in [7, 11) is 0. The molecule has 0 radical (unpaired) electrons. The van der Waals surface area contributed by atoms with Crippen molar-refractivity contribution in [2.45, 2.75) is 33.6 Å². The zero-order valence-corrected chi connectivity index (χ0v) is 20.1. The van der Waals surface area contributed by atoms with Crippen LogP contribution in [0.15, 0.2) is 51.7 Å². The van der Waals surface area contributed by atoms with E-state index in [0.717, 1.165) is 34.9 Å². The van der Waals surface area contributed by atoms with Gasteiger partial charge < -0.3 is 13.9 Å². The Bertz CT molecular complexity index is 1580. The number of thiazole rings is 1. The van der Waals surface area contributed by atoms with Crippen molar-refractivity contribution < 1.29 is 13.9 Å². The third kappa shape index (κ3) is 4.05. The molecular formula is C26H25N3O4S. The Morgan fingerprint density at radius 3 is 2.74 bits per heavy atom. The zero-order chi connectivity index (χ0) is 23.7. The average molecular weight is 476 g/mol. The van der Waals surface area contributed by atoms with Crippen LogP contribution >= 0.6 is 11.3 Å². The molecule has 0 N–H and O–H groups in total. The van der Waals surface area contributed by atoms with Gasteiger partial charge in [0, 0.05) is 10.9 Å². The maximum absolute atomic E-state index is 13.0. The van der Waals surface area contributed by atoms with Crippen molar-refractivity contribution in [3.05, 3.63) is 68.5 Å². The number of rotatable bonds is 8. The van der Waals surface area contributed by atoms with E-state index < -0.39 is 0 Å². The number of ether oxygens (including phenoxy) is 2. The molecule has 8 heteroatoms. The van der Waals surface area contributed by atoms with Crippen LogP contribution in [0.1, 0.15) is 37.8 Å².